The fourth-order valence-corrected chi connectivity index (χ4v) is 2.92. The topological polar surface area (TPSA) is 99.3 Å². The van der Waals surface area contributed by atoms with Crippen LogP contribution in [0.15, 0.2) is 75.8 Å². The molecule has 3 aromatic carbocycles. The minimum atomic E-state index is -4.38. The second-order valence-electron chi connectivity index (χ2n) is 4.80. The third-order valence-electron chi connectivity index (χ3n) is 3.28. The number of benzene rings is 3. The molecule has 3 rings (SSSR count). The summed E-state index contributed by atoms with van der Waals surface area (Å²) in [5.74, 6) is -0.201. The van der Waals surface area contributed by atoms with Crippen molar-refractivity contribution in [2.75, 3.05) is 0 Å². The Morgan fingerprint density at radius 1 is 0.783 bits per heavy atom. The van der Waals surface area contributed by atoms with E-state index < -0.39 is 10.1 Å². The summed E-state index contributed by atoms with van der Waals surface area (Å²) < 4.78 is 32.0. The van der Waals surface area contributed by atoms with E-state index >= 15 is 0 Å². The van der Waals surface area contributed by atoms with Gasteiger partial charge in [0.05, 0.1) is 5.69 Å². The summed E-state index contributed by atoms with van der Waals surface area (Å²) in [7, 11) is -4.38. The molecule has 0 aromatic heterocycles. The minimum absolute atomic E-state index is 0.201. The summed E-state index contributed by atoms with van der Waals surface area (Å²) in [6.07, 6.45) is 0. The molecule has 0 aliphatic carbocycles. The van der Waals surface area contributed by atoms with Gasteiger partial charge in [-0.15, -0.1) is 5.11 Å². The Hall–Kier alpha value is -2.77. The van der Waals surface area contributed by atoms with Gasteiger partial charge in [-0.25, -0.2) is 0 Å². The third-order valence-corrected chi connectivity index (χ3v) is 4.19. The van der Waals surface area contributed by atoms with Gasteiger partial charge in [0.2, 0.25) is 0 Å². The second-order valence-corrected chi connectivity index (χ2v) is 6.19. The van der Waals surface area contributed by atoms with Crippen LogP contribution in [0.1, 0.15) is 0 Å². The average molecular weight is 328 g/mol. The Balaban J connectivity index is 2.12. The molecule has 0 fully saturated rings. The molecule has 0 atom stereocenters. The van der Waals surface area contributed by atoms with Crippen molar-refractivity contribution in [1.29, 1.82) is 0 Å². The molecular weight excluding hydrogens is 316 g/mol. The maximum Gasteiger partial charge on any atom is 0.295 e. The van der Waals surface area contributed by atoms with E-state index in [1.54, 1.807) is 18.2 Å². The Morgan fingerprint density at radius 2 is 1.52 bits per heavy atom. The molecule has 23 heavy (non-hydrogen) atoms. The number of rotatable bonds is 3. The molecule has 0 unspecified atom stereocenters. The normalized spacial score (nSPS) is 12.0. The van der Waals surface area contributed by atoms with E-state index in [1.165, 1.54) is 24.3 Å². The maximum absolute atomic E-state index is 11.4. The number of fused-ring (bicyclic) bond motifs is 1. The SMILES string of the molecule is O=S(=O)(O)c1cccc2c(O)c(N=Nc3ccccc3)ccc12. The maximum atomic E-state index is 11.4. The molecule has 0 saturated heterocycles. The summed E-state index contributed by atoms with van der Waals surface area (Å²) >= 11 is 0. The Labute approximate surface area is 132 Å². The Morgan fingerprint density at radius 3 is 2.22 bits per heavy atom. The fourth-order valence-electron chi connectivity index (χ4n) is 2.21. The van der Waals surface area contributed by atoms with Crippen molar-refractivity contribution in [1.82, 2.24) is 0 Å². The van der Waals surface area contributed by atoms with Crippen LogP contribution in [0, 0.1) is 0 Å². The predicted molar refractivity (Wildman–Crippen MR) is 86.0 cm³/mol. The highest BCUT2D eigenvalue weighted by Crippen LogP contribution is 2.37. The van der Waals surface area contributed by atoms with Crippen molar-refractivity contribution in [3.63, 3.8) is 0 Å². The van der Waals surface area contributed by atoms with E-state index in [1.807, 2.05) is 18.2 Å². The highest BCUT2D eigenvalue weighted by Gasteiger charge is 2.16. The van der Waals surface area contributed by atoms with Gasteiger partial charge in [0.25, 0.3) is 10.1 Å². The van der Waals surface area contributed by atoms with E-state index in [0.717, 1.165) is 0 Å². The fraction of sp³-hybridized carbons (Fsp3) is 0. The molecular formula is C16H12N2O4S. The van der Waals surface area contributed by atoms with Crippen LogP contribution in [0.4, 0.5) is 11.4 Å². The molecule has 0 bridgehead atoms. The number of nitrogens with zero attached hydrogens (tertiary/aromatic N) is 2. The quantitative estimate of drug-likeness (QED) is 0.555. The van der Waals surface area contributed by atoms with Gasteiger partial charge >= 0.3 is 0 Å². The number of aromatic hydroxyl groups is 1. The lowest BCUT2D eigenvalue weighted by atomic mass is 10.1. The molecule has 0 aliphatic heterocycles. The van der Waals surface area contributed by atoms with Gasteiger partial charge in [-0.1, -0.05) is 36.4 Å². The lowest BCUT2D eigenvalue weighted by Gasteiger charge is -2.07. The van der Waals surface area contributed by atoms with Crippen LogP contribution in [-0.2, 0) is 10.1 Å². The van der Waals surface area contributed by atoms with Crippen LogP contribution in [0.25, 0.3) is 10.8 Å². The molecule has 0 heterocycles. The molecule has 7 heteroatoms. The standard InChI is InChI=1S/C16H12N2O4S/c19-16-13-7-4-8-15(23(20,21)22)12(13)9-10-14(16)18-17-11-5-2-1-3-6-11/h1-10,19H,(H,20,21,22). The van der Waals surface area contributed by atoms with Gasteiger partial charge in [0.15, 0.2) is 5.75 Å². The summed E-state index contributed by atoms with van der Waals surface area (Å²) in [5.41, 5.74) is 0.826. The molecule has 0 radical (unpaired) electrons. The monoisotopic (exact) mass is 328 g/mol. The number of azo groups is 1. The minimum Gasteiger partial charge on any atom is -0.505 e. The van der Waals surface area contributed by atoms with Crippen LogP contribution in [0.2, 0.25) is 0 Å². The molecule has 3 aromatic rings. The van der Waals surface area contributed by atoms with Gasteiger partial charge in [0.1, 0.15) is 10.6 Å². The highest BCUT2D eigenvalue weighted by molar-refractivity contribution is 7.86. The summed E-state index contributed by atoms with van der Waals surface area (Å²) in [5, 5.41) is 18.8. The van der Waals surface area contributed by atoms with E-state index in [9.17, 15) is 18.1 Å². The largest absolute Gasteiger partial charge is 0.505 e. The summed E-state index contributed by atoms with van der Waals surface area (Å²) in [6.45, 7) is 0. The lowest BCUT2D eigenvalue weighted by molar-refractivity contribution is 0.482. The zero-order valence-corrected chi connectivity index (χ0v) is 12.6. The molecule has 0 spiro atoms. The summed E-state index contributed by atoms with van der Waals surface area (Å²) in [4.78, 5) is -0.267. The zero-order chi connectivity index (χ0) is 16.4. The van der Waals surface area contributed by atoms with Crippen molar-refractivity contribution < 1.29 is 18.1 Å². The van der Waals surface area contributed by atoms with Crippen molar-refractivity contribution in [2.24, 2.45) is 10.2 Å². The van der Waals surface area contributed by atoms with Crippen molar-refractivity contribution >= 4 is 32.3 Å². The smallest absolute Gasteiger partial charge is 0.295 e. The van der Waals surface area contributed by atoms with Gasteiger partial charge in [-0.3, -0.25) is 4.55 Å². The van der Waals surface area contributed by atoms with Crippen molar-refractivity contribution in [2.45, 2.75) is 4.90 Å². The van der Waals surface area contributed by atoms with Crippen molar-refractivity contribution in [3.8, 4) is 5.75 Å². The molecule has 116 valence electrons. The predicted octanol–water partition coefficient (Wildman–Crippen LogP) is 4.21. The average Bonchev–Trinajstić information content (AvgIpc) is 2.54. The number of phenolic OH excluding ortho intramolecular Hbond substituents is 1. The van der Waals surface area contributed by atoms with Gasteiger partial charge in [0, 0.05) is 10.8 Å². The molecule has 0 aliphatic rings. The number of phenols is 1. The van der Waals surface area contributed by atoms with Crippen LogP contribution in [0.3, 0.4) is 0 Å². The summed E-state index contributed by atoms with van der Waals surface area (Å²) in [6, 6.07) is 16.2. The van der Waals surface area contributed by atoms with Crippen LogP contribution in [0.5, 0.6) is 5.75 Å². The van der Waals surface area contributed by atoms with E-state index in [-0.39, 0.29) is 27.1 Å². The number of hydrogen-bond donors (Lipinski definition) is 2. The zero-order valence-electron chi connectivity index (χ0n) is 11.8. The third kappa shape index (κ3) is 3.05. The van der Waals surface area contributed by atoms with E-state index in [4.69, 9.17) is 0 Å². The second kappa shape index (κ2) is 5.79. The van der Waals surface area contributed by atoms with Gasteiger partial charge in [-0.05, 0) is 24.3 Å². The molecule has 0 saturated carbocycles. The Kier molecular flexibility index (Phi) is 3.81. The van der Waals surface area contributed by atoms with Crippen molar-refractivity contribution in [3.05, 3.63) is 60.7 Å². The first-order valence-corrected chi connectivity index (χ1v) is 8.10. The number of hydrogen-bond acceptors (Lipinski definition) is 5. The van der Waals surface area contributed by atoms with Gasteiger partial charge < -0.3 is 5.11 Å². The van der Waals surface area contributed by atoms with Gasteiger partial charge in [-0.2, -0.15) is 13.5 Å². The molecule has 2 N–H and O–H groups in total. The lowest BCUT2D eigenvalue weighted by Crippen LogP contribution is -1.98. The van der Waals surface area contributed by atoms with Crippen LogP contribution < -0.4 is 0 Å². The first-order valence-electron chi connectivity index (χ1n) is 6.66. The first-order chi connectivity index (χ1) is 11.0. The van der Waals surface area contributed by atoms with E-state index in [2.05, 4.69) is 10.2 Å². The van der Waals surface area contributed by atoms with E-state index in [0.29, 0.717) is 5.69 Å². The Bertz CT molecular complexity index is 999. The van der Waals surface area contributed by atoms with Crippen LogP contribution in [-0.4, -0.2) is 18.1 Å². The first kappa shape index (κ1) is 15.1. The van der Waals surface area contributed by atoms with Crippen LogP contribution >= 0.6 is 0 Å². The molecule has 6 nitrogen and oxygen atoms in total. The highest BCUT2D eigenvalue weighted by atomic mass is 32.2. The molecule has 0 amide bonds.